The molecule has 5 nitrogen and oxygen atoms in total. The molecule has 28 heavy (non-hydrogen) atoms. The Morgan fingerprint density at radius 3 is 2.54 bits per heavy atom. The third-order valence-electron chi connectivity index (χ3n) is 5.45. The van der Waals surface area contributed by atoms with Gasteiger partial charge in [-0.25, -0.2) is 4.68 Å². The van der Waals surface area contributed by atoms with E-state index < -0.39 is 0 Å². The largest absolute Gasteiger partial charge is 0.497 e. The van der Waals surface area contributed by atoms with E-state index in [1.807, 2.05) is 35.0 Å². The molecule has 146 valence electrons. The molecule has 6 heteroatoms. The summed E-state index contributed by atoms with van der Waals surface area (Å²) >= 11 is 5.75. The molecule has 2 aromatic carbocycles. The molecule has 0 unspecified atom stereocenters. The number of hydrogen-bond acceptors (Lipinski definition) is 4. The van der Waals surface area contributed by atoms with Crippen molar-refractivity contribution < 1.29 is 4.74 Å². The molecule has 1 atom stereocenters. The van der Waals surface area contributed by atoms with Crippen LogP contribution in [0.5, 0.6) is 5.75 Å². The van der Waals surface area contributed by atoms with Gasteiger partial charge in [0.2, 0.25) is 0 Å². The van der Waals surface area contributed by atoms with E-state index in [-0.39, 0.29) is 0 Å². The van der Waals surface area contributed by atoms with Crippen LogP contribution in [-0.2, 0) is 13.2 Å². The molecule has 1 aliphatic rings. The molecule has 1 aromatic heterocycles. The molecular weight excluding hydrogens is 368 g/mol. The van der Waals surface area contributed by atoms with Crippen molar-refractivity contribution in [3.05, 3.63) is 64.9 Å². The van der Waals surface area contributed by atoms with Gasteiger partial charge in [0, 0.05) is 24.7 Å². The van der Waals surface area contributed by atoms with Gasteiger partial charge in [0.15, 0.2) is 10.6 Å². The van der Waals surface area contributed by atoms with Crippen LogP contribution in [0.15, 0.2) is 54.6 Å². The first-order valence-corrected chi connectivity index (χ1v) is 10.2. The fourth-order valence-corrected chi connectivity index (χ4v) is 4.30. The minimum Gasteiger partial charge on any atom is -0.497 e. The Kier molecular flexibility index (Phi) is 5.59. The third kappa shape index (κ3) is 3.62. The van der Waals surface area contributed by atoms with E-state index in [4.69, 9.17) is 22.1 Å². The molecule has 4 rings (SSSR count). The topological polar surface area (TPSA) is 35.2 Å². The third-order valence-corrected chi connectivity index (χ3v) is 5.88. The van der Waals surface area contributed by atoms with Crippen molar-refractivity contribution >= 4 is 12.2 Å². The highest BCUT2D eigenvalue weighted by Crippen LogP contribution is 2.33. The Morgan fingerprint density at radius 2 is 1.86 bits per heavy atom. The summed E-state index contributed by atoms with van der Waals surface area (Å²) in [5.41, 5.74) is 2.42. The van der Waals surface area contributed by atoms with Crippen molar-refractivity contribution in [3.63, 3.8) is 0 Å². The van der Waals surface area contributed by atoms with E-state index in [1.54, 1.807) is 7.11 Å². The molecule has 1 aliphatic heterocycles. The number of aromatic nitrogens is 3. The van der Waals surface area contributed by atoms with Crippen LogP contribution < -0.4 is 4.74 Å². The Labute approximate surface area is 171 Å². The maximum absolute atomic E-state index is 5.75. The lowest BCUT2D eigenvalue weighted by Crippen LogP contribution is -2.27. The molecule has 0 saturated carbocycles. The van der Waals surface area contributed by atoms with Gasteiger partial charge in [-0.15, -0.1) is 0 Å². The predicted octanol–water partition coefficient (Wildman–Crippen LogP) is 4.90. The minimum atomic E-state index is 0.389. The summed E-state index contributed by atoms with van der Waals surface area (Å²) in [4.78, 5) is 2.47. The molecule has 0 bridgehead atoms. The standard InChI is InChI=1S/C22H26N4OS/c1-3-25-21(18-8-5-4-6-9-18)23-26(22(25)28)16-24-15-7-10-20(24)17-11-13-19(27-2)14-12-17/h4-6,8-9,11-14,20H,3,7,10,15-16H2,1-2H3/t20-/m1/s1. The second-order valence-corrected chi connectivity index (χ2v) is 7.47. The molecule has 0 amide bonds. The maximum atomic E-state index is 5.75. The summed E-state index contributed by atoms with van der Waals surface area (Å²) < 4.78 is 10.2. The predicted molar refractivity (Wildman–Crippen MR) is 114 cm³/mol. The summed E-state index contributed by atoms with van der Waals surface area (Å²) in [6.45, 7) is 4.69. The second kappa shape index (κ2) is 8.29. The summed E-state index contributed by atoms with van der Waals surface area (Å²) in [6.07, 6.45) is 2.34. The van der Waals surface area contributed by atoms with E-state index in [9.17, 15) is 0 Å². The maximum Gasteiger partial charge on any atom is 0.199 e. The zero-order chi connectivity index (χ0) is 19.5. The highest BCUT2D eigenvalue weighted by Gasteiger charge is 2.27. The molecule has 1 saturated heterocycles. The SMILES string of the molecule is CCn1c(-c2ccccc2)nn(CN2CCC[C@@H]2c2ccc(OC)cc2)c1=S. The minimum absolute atomic E-state index is 0.389. The van der Waals surface area contributed by atoms with Crippen molar-refractivity contribution in [2.45, 2.75) is 39.0 Å². The van der Waals surface area contributed by atoms with Crippen molar-refractivity contribution in [1.29, 1.82) is 0 Å². The number of hydrogen-bond donors (Lipinski definition) is 0. The fourth-order valence-electron chi connectivity index (χ4n) is 3.99. The van der Waals surface area contributed by atoms with Gasteiger partial charge in [0.05, 0.1) is 13.8 Å². The Morgan fingerprint density at radius 1 is 1.11 bits per heavy atom. The first kappa shape index (κ1) is 18.9. The van der Waals surface area contributed by atoms with E-state index >= 15 is 0 Å². The molecule has 0 N–H and O–H groups in total. The molecule has 2 heterocycles. The number of rotatable bonds is 6. The highest BCUT2D eigenvalue weighted by molar-refractivity contribution is 7.71. The smallest absolute Gasteiger partial charge is 0.199 e. The van der Waals surface area contributed by atoms with Gasteiger partial charge in [-0.1, -0.05) is 42.5 Å². The van der Waals surface area contributed by atoms with E-state index in [0.29, 0.717) is 12.7 Å². The van der Waals surface area contributed by atoms with Crippen LogP contribution in [0.4, 0.5) is 0 Å². The van der Waals surface area contributed by atoms with E-state index in [0.717, 1.165) is 41.4 Å². The van der Waals surface area contributed by atoms with Crippen LogP contribution in [0.3, 0.4) is 0 Å². The van der Waals surface area contributed by atoms with Crippen LogP contribution in [-0.4, -0.2) is 32.9 Å². The fraction of sp³-hybridized carbons (Fsp3) is 0.364. The zero-order valence-corrected chi connectivity index (χ0v) is 17.2. The van der Waals surface area contributed by atoms with E-state index in [1.165, 1.54) is 12.0 Å². The number of methoxy groups -OCH3 is 1. The first-order chi connectivity index (χ1) is 13.7. The van der Waals surface area contributed by atoms with Crippen molar-refractivity contribution in [2.75, 3.05) is 13.7 Å². The second-order valence-electron chi connectivity index (χ2n) is 7.10. The monoisotopic (exact) mass is 394 g/mol. The highest BCUT2D eigenvalue weighted by atomic mass is 32.1. The average Bonchev–Trinajstić information content (AvgIpc) is 3.33. The zero-order valence-electron chi connectivity index (χ0n) is 16.4. The van der Waals surface area contributed by atoms with Crippen LogP contribution in [0.1, 0.15) is 31.4 Å². The van der Waals surface area contributed by atoms with Gasteiger partial charge in [-0.3, -0.25) is 4.90 Å². The molecule has 3 aromatic rings. The normalized spacial score (nSPS) is 17.1. The number of benzene rings is 2. The molecule has 0 radical (unpaired) electrons. The Hall–Kier alpha value is -2.44. The summed E-state index contributed by atoms with van der Waals surface area (Å²) in [6, 6.07) is 19.1. The van der Waals surface area contributed by atoms with Gasteiger partial charge in [-0.05, 0) is 49.7 Å². The van der Waals surface area contributed by atoms with Crippen molar-refractivity contribution in [2.24, 2.45) is 0 Å². The number of ether oxygens (including phenoxy) is 1. The van der Waals surface area contributed by atoms with Gasteiger partial charge >= 0.3 is 0 Å². The van der Waals surface area contributed by atoms with Gasteiger partial charge in [-0.2, -0.15) is 5.10 Å². The number of nitrogens with zero attached hydrogens (tertiary/aromatic N) is 4. The Balaban J connectivity index is 1.61. The van der Waals surface area contributed by atoms with Crippen LogP contribution >= 0.6 is 12.2 Å². The Bertz CT molecular complexity index is 978. The molecular formula is C22H26N4OS. The summed E-state index contributed by atoms with van der Waals surface area (Å²) in [7, 11) is 1.70. The first-order valence-electron chi connectivity index (χ1n) is 9.82. The lowest BCUT2D eigenvalue weighted by atomic mass is 10.0. The van der Waals surface area contributed by atoms with E-state index in [2.05, 4.69) is 40.7 Å². The van der Waals surface area contributed by atoms with Crippen LogP contribution in [0, 0.1) is 4.77 Å². The van der Waals surface area contributed by atoms with Crippen molar-refractivity contribution in [3.8, 4) is 17.1 Å². The van der Waals surface area contributed by atoms with Crippen LogP contribution in [0.25, 0.3) is 11.4 Å². The van der Waals surface area contributed by atoms with Crippen LogP contribution in [0.2, 0.25) is 0 Å². The van der Waals surface area contributed by atoms with Gasteiger partial charge < -0.3 is 9.30 Å². The van der Waals surface area contributed by atoms with Gasteiger partial charge in [0.25, 0.3) is 0 Å². The van der Waals surface area contributed by atoms with Crippen molar-refractivity contribution in [1.82, 2.24) is 19.2 Å². The lowest BCUT2D eigenvalue weighted by molar-refractivity contribution is 0.189. The number of likely N-dealkylation sites (tertiary alicyclic amines) is 1. The summed E-state index contributed by atoms with van der Waals surface area (Å²) in [5.74, 6) is 1.83. The summed E-state index contributed by atoms with van der Waals surface area (Å²) in [5, 5.41) is 4.88. The lowest BCUT2D eigenvalue weighted by Gasteiger charge is -2.24. The molecule has 0 spiro atoms. The molecule has 1 fully saturated rings. The average molecular weight is 395 g/mol. The van der Waals surface area contributed by atoms with Gasteiger partial charge in [0.1, 0.15) is 5.75 Å². The molecule has 0 aliphatic carbocycles. The quantitative estimate of drug-likeness (QED) is 0.557.